The van der Waals surface area contributed by atoms with Crippen molar-refractivity contribution in [2.24, 2.45) is 0 Å². The van der Waals surface area contributed by atoms with E-state index in [4.69, 9.17) is 16.3 Å². The van der Waals surface area contributed by atoms with Crippen molar-refractivity contribution < 1.29 is 4.74 Å². The van der Waals surface area contributed by atoms with Gasteiger partial charge < -0.3 is 10.1 Å². The first-order valence-electron chi connectivity index (χ1n) is 4.93. The van der Waals surface area contributed by atoms with Gasteiger partial charge in [0.25, 0.3) is 0 Å². The highest BCUT2D eigenvalue weighted by Gasteiger charge is 2.13. The smallest absolute Gasteiger partial charge is 0.116 e. The van der Waals surface area contributed by atoms with Crippen LogP contribution in [-0.2, 0) is 4.74 Å². The average molecular weight is 232 g/mol. The van der Waals surface area contributed by atoms with Crippen LogP contribution in [0.4, 0.5) is 5.69 Å². The number of hydrogen-bond donors (Lipinski definition) is 1. The lowest BCUT2D eigenvalue weighted by atomic mass is 10.1. The van der Waals surface area contributed by atoms with E-state index in [0.717, 1.165) is 36.1 Å². The van der Waals surface area contributed by atoms with Crippen LogP contribution in [-0.4, -0.2) is 19.3 Å². The molecule has 0 radical (unpaired) electrons. The molecule has 1 atom stereocenters. The molecule has 1 aliphatic heterocycles. The maximum absolute atomic E-state index is 6.02. The second-order valence-corrected chi connectivity index (χ2v) is 5.01. The Labute approximate surface area is 93.2 Å². The fraction of sp³-hybridized carbons (Fsp3) is 0.600. The van der Waals surface area contributed by atoms with Gasteiger partial charge in [-0.25, -0.2) is 0 Å². The van der Waals surface area contributed by atoms with Crippen LogP contribution in [0.25, 0.3) is 0 Å². The molecule has 4 heteroatoms. The van der Waals surface area contributed by atoms with Gasteiger partial charge in [-0.05, 0) is 30.7 Å². The van der Waals surface area contributed by atoms with E-state index in [9.17, 15) is 0 Å². The van der Waals surface area contributed by atoms with Crippen LogP contribution in [0.5, 0.6) is 0 Å². The van der Waals surface area contributed by atoms with Crippen LogP contribution in [0.15, 0.2) is 11.4 Å². The second kappa shape index (κ2) is 5.01. The van der Waals surface area contributed by atoms with Gasteiger partial charge in [0.1, 0.15) is 4.34 Å². The van der Waals surface area contributed by atoms with Gasteiger partial charge in [-0.15, -0.1) is 11.3 Å². The van der Waals surface area contributed by atoms with Crippen LogP contribution in [0, 0.1) is 0 Å². The number of thiophene rings is 1. The van der Waals surface area contributed by atoms with Gasteiger partial charge in [-0.3, -0.25) is 0 Å². The zero-order chi connectivity index (χ0) is 9.80. The van der Waals surface area contributed by atoms with E-state index in [1.165, 1.54) is 6.42 Å². The summed E-state index contributed by atoms with van der Waals surface area (Å²) in [5.74, 6) is 0. The van der Waals surface area contributed by atoms with Crippen molar-refractivity contribution in [1.82, 2.24) is 0 Å². The highest BCUT2D eigenvalue weighted by atomic mass is 35.5. The Morgan fingerprint density at radius 3 is 3.14 bits per heavy atom. The Morgan fingerprint density at radius 1 is 1.43 bits per heavy atom. The van der Waals surface area contributed by atoms with E-state index in [1.807, 2.05) is 11.4 Å². The zero-order valence-corrected chi connectivity index (χ0v) is 9.53. The minimum absolute atomic E-state index is 0.518. The highest BCUT2D eigenvalue weighted by molar-refractivity contribution is 7.15. The standard InChI is InChI=1S/C10H14ClNOS/c11-10-9(4-7-14-10)12-8-2-1-5-13-6-3-8/h4,7-8,12H,1-3,5-6H2. The molecule has 1 unspecified atom stereocenters. The van der Waals surface area contributed by atoms with E-state index in [-0.39, 0.29) is 0 Å². The molecule has 2 rings (SSSR count). The maximum atomic E-state index is 6.02. The predicted molar refractivity (Wildman–Crippen MR) is 61.4 cm³/mol. The first-order chi connectivity index (χ1) is 6.86. The predicted octanol–water partition coefficient (Wildman–Crippen LogP) is 3.38. The van der Waals surface area contributed by atoms with Gasteiger partial charge in [-0.2, -0.15) is 0 Å². The lowest BCUT2D eigenvalue weighted by molar-refractivity contribution is 0.144. The van der Waals surface area contributed by atoms with Crippen LogP contribution >= 0.6 is 22.9 Å². The number of anilines is 1. The Hall–Kier alpha value is -0.250. The van der Waals surface area contributed by atoms with Gasteiger partial charge in [0.05, 0.1) is 5.69 Å². The number of ether oxygens (including phenoxy) is 1. The van der Waals surface area contributed by atoms with Gasteiger partial charge in [0.15, 0.2) is 0 Å². The summed E-state index contributed by atoms with van der Waals surface area (Å²) >= 11 is 7.59. The van der Waals surface area contributed by atoms with Crippen molar-refractivity contribution in [1.29, 1.82) is 0 Å². The molecule has 1 N–H and O–H groups in total. The molecule has 1 aliphatic rings. The van der Waals surface area contributed by atoms with Crippen LogP contribution < -0.4 is 5.32 Å². The molecule has 14 heavy (non-hydrogen) atoms. The molecule has 1 aromatic rings. The SMILES string of the molecule is Clc1sccc1NC1CCCOCC1. The van der Waals surface area contributed by atoms with Crippen LogP contribution in [0.1, 0.15) is 19.3 Å². The maximum Gasteiger partial charge on any atom is 0.116 e. The topological polar surface area (TPSA) is 21.3 Å². The Balaban J connectivity index is 1.92. The number of nitrogens with one attached hydrogen (secondary N) is 1. The fourth-order valence-corrected chi connectivity index (χ4v) is 2.51. The average Bonchev–Trinajstić information content (AvgIpc) is 2.44. The van der Waals surface area contributed by atoms with Crippen molar-refractivity contribution in [3.05, 3.63) is 15.8 Å². The van der Waals surface area contributed by atoms with Gasteiger partial charge in [0, 0.05) is 19.3 Å². The van der Waals surface area contributed by atoms with Gasteiger partial charge in [-0.1, -0.05) is 11.6 Å². The molecule has 1 saturated heterocycles. The molecular formula is C10H14ClNOS. The van der Waals surface area contributed by atoms with Crippen LogP contribution in [0.3, 0.4) is 0 Å². The van der Waals surface area contributed by atoms with Crippen molar-refractivity contribution in [3.63, 3.8) is 0 Å². The van der Waals surface area contributed by atoms with E-state index in [2.05, 4.69) is 5.32 Å². The molecule has 0 aliphatic carbocycles. The summed E-state index contributed by atoms with van der Waals surface area (Å²) in [6.45, 7) is 1.76. The molecule has 0 saturated carbocycles. The molecule has 2 nitrogen and oxygen atoms in total. The van der Waals surface area contributed by atoms with Crippen molar-refractivity contribution >= 4 is 28.6 Å². The Bertz CT molecular complexity index is 281. The van der Waals surface area contributed by atoms with Gasteiger partial charge >= 0.3 is 0 Å². The summed E-state index contributed by atoms with van der Waals surface area (Å²) in [7, 11) is 0. The summed E-state index contributed by atoms with van der Waals surface area (Å²) in [6.07, 6.45) is 3.39. The first-order valence-corrected chi connectivity index (χ1v) is 6.19. The molecule has 1 aromatic heterocycles. The third-order valence-corrected chi connectivity index (χ3v) is 3.60. The number of halogens is 1. The van der Waals surface area contributed by atoms with Crippen molar-refractivity contribution in [2.75, 3.05) is 18.5 Å². The number of hydrogen-bond acceptors (Lipinski definition) is 3. The molecular weight excluding hydrogens is 218 g/mol. The summed E-state index contributed by atoms with van der Waals surface area (Å²) in [5, 5.41) is 5.48. The molecule has 0 spiro atoms. The summed E-state index contributed by atoms with van der Waals surface area (Å²) < 4.78 is 6.26. The molecule has 2 heterocycles. The lowest BCUT2D eigenvalue weighted by Crippen LogP contribution is -2.19. The summed E-state index contributed by atoms with van der Waals surface area (Å²) in [6, 6.07) is 2.56. The quantitative estimate of drug-likeness (QED) is 0.843. The Kier molecular flexibility index (Phi) is 3.67. The van der Waals surface area contributed by atoms with E-state index >= 15 is 0 Å². The molecule has 78 valence electrons. The largest absolute Gasteiger partial charge is 0.381 e. The zero-order valence-electron chi connectivity index (χ0n) is 7.96. The lowest BCUT2D eigenvalue weighted by Gasteiger charge is -2.15. The normalized spacial score (nSPS) is 23.1. The second-order valence-electron chi connectivity index (χ2n) is 3.49. The molecule has 0 bridgehead atoms. The minimum Gasteiger partial charge on any atom is -0.381 e. The monoisotopic (exact) mass is 231 g/mol. The van der Waals surface area contributed by atoms with Gasteiger partial charge in [0.2, 0.25) is 0 Å². The first kappa shape index (κ1) is 10.3. The third kappa shape index (κ3) is 2.62. The summed E-state index contributed by atoms with van der Waals surface area (Å²) in [4.78, 5) is 0. The number of rotatable bonds is 2. The van der Waals surface area contributed by atoms with Crippen molar-refractivity contribution in [2.45, 2.75) is 25.3 Å². The van der Waals surface area contributed by atoms with Crippen molar-refractivity contribution in [3.8, 4) is 0 Å². The molecule has 1 fully saturated rings. The molecule has 0 aromatic carbocycles. The minimum atomic E-state index is 0.518. The van der Waals surface area contributed by atoms with Crippen LogP contribution in [0.2, 0.25) is 4.34 Å². The third-order valence-electron chi connectivity index (χ3n) is 2.43. The summed E-state index contributed by atoms with van der Waals surface area (Å²) in [5.41, 5.74) is 1.07. The van der Waals surface area contributed by atoms with E-state index < -0.39 is 0 Å². The highest BCUT2D eigenvalue weighted by Crippen LogP contribution is 2.29. The molecule has 0 amide bonds. The Morgan fingerprint density at radius 2 is 2.36 bits per heavy atom. The van der Waals surface area contributed by atoms with E-state index in [0.29, 0.717) is 6.04 Å². The fourth-order valence-electron chi connectivity index (χ4n) is 1.66. The van der Waals surface area contributed by atoms with E-state index in [1.54, 1.807) is 11.3 Å².